The summed E-state index contributed by atoms with van der Waals surface area (Å²) in [5.74, 6) is -1.00. The molecule has 0 saturated carbocycles. The van der Waals surface area contributed by atoms with Crippen LogP contribution >= 0.6 is 35.0 Å². The molecule has 6 nitrogen and oxygen atoms in total. The summed E-state index contributed by atoms with van der Waals surface area (Å²) in [5, 5.41) is 4.05. The highest BCUT2D eigenvalue weighted by Gasteiger charge is 2.71. The van der Waals surface area contributed by atoms with Crippen LogP contribution in [0.5, 0.6) is 0 Å². The molecule has 1 spiro atoms. The maximum Gasteiger partial charge on any atom is 0.252 e. The first-order valence-corrected chi connectivity index (χ1v) is 13.6. The van der Waals surface area contributed by atoms with Crippen molar-refractivity contribution in [1.82, 2.24) is 5.32 Å². The predicted molar refractivity (Wildman–Crippen MR) is 137 cm³/mol. The first-order chi connectivity index (χ1) is 16.5. The maximum absolute atomic E-state index is 14.1. The van der Waals surface area contributed by atoms with Crippen molar-refractivity contribution in [3.63, 3.8) is 0 Å². The number of rotatable bonds is 7. The third-order valence-corrected chi connectivity index (χ3v) is 8.26. The molecule has 2 saturated heterocycles. The van der Waals surface area contributed by atoms with Gasteiger partial charge in [0.25, 0.3) is 5.91 Å². The highest BCUT2D eigenvalue weighted by Crippen LogP contribution is 2.55. The molecule has 0 aliphatic carbocycles. The van der Waals surface area contributed by atoms with E-state index in [4.69, 9.17) is 23.2 Å². The molecule has 2 aromatic rings. The Morgan fingerprint density at radius 1 is 1.06 bits per heavy atom. The highest BCUT2D eigenvalue weighted by molar-refractivity contribution is 7.98. The quantitative estimate of drug-likeness (QED) is 0.443. The Hall–Kier alpha value is -2.06. The molecule has 0 aromatic heterocycles. The third-order valence-electron chi connectivity index (χ3n) is 7.10. The molecule has 2 fully saturated rings. The molecule has 178 valence electrons. The van der Waals surface area contributed by atoms with Crippen LogP contribution in [0.1, 0.15) is 18.4 Å². The summed E-state index contributed by atoms with van der Waals surface area (Å²) in [6.07, 6.45) is 3.31. The van der Waals surface area contributed by atoms with E-state index in [0.29, 0.717) is 36.0 Å². The number of nitrogens with one attached hydrogen (secondary N) is 1. The van der Waals surface area contributed by atoms with Gasteiger partial charge in [0.15, 0.2) is 0 Å². The Bertz CT molecular complexity index is 1140. The summed E-state index contributed by atoms with van der Waals surface area (Å²) in [6.45, 7) is 0.457. The molecule has 3 amide bonds. The zero-order valence-corrected chi connectivity index (χ0v) is 21.0. The average Bonchev–Trinajstić information content (AvgIpc) is 3.40. The van der Waals surface area contributed by atoms with Crippen LogP contribution in [0.2, 0.25) is 5.02 Å². The number of nitrogens with zero attached hydrogens (tertiary/aromatic N) is 2. The van der Waals surface area contributed by atoms with Gasteiger partial charge in [-0.05, 0) is 55.2 Å². The van der Waals surface area contributed by atoms with Crippen LogP contribution in [-0.2, 0) is 19.9 Å². The fraction of sp³-hybridized carbons (Fsp3) is 0.400. The van der Waals surface area contributed by atoms with Crippen LogP contribution in [-0.4, -0.2) is 48.2 Å². The number of hydrogen-bond donors (Lipinski definition) is 1. The number of carbonyl (C=O) groups is 3. The molecule has 2 aromatic carbocycles. The van der Waals surface area contributed by atoms with Gasteiger partial charge in [-0.3, -0.25) is 19.7 Å². The van der Waals surface area contributed by atoms with Gasteiger partial charge in [0.2, 0.25) is 11.8 Å². The highest BCUT2D eigenvalue weighted by atomic mass is 35.5. The van der Waals surface area contributed by atoms with Gasteiger partial charge in [-0.1, -0.05) is 29.8 Å². The molecule has 34 heavy (non-hydrogen) atoms. The lowest BCUT2D eigenvalue weighted by molar-refractivity contribution is -0.132. The zero-order chi connectivity index (χ0) is 24.0. The van der Waals surface area contributed by atoms with E-state index in [1.165, 1.54) is 4.90 Å². The lowest BCUT2D eigenvalue weighted by Crippen LogP contribution is -2.55. The van der Waals surface area contributed by atoms with Gasteiger partial charge >= 0.3 is 0 Å². The summed E-state index contributed by atoms with van der Waals surface area (Å²) in [5.41, 5.74) is 0.741. The van der Waals surface area contributed by atoms with E-state index in [2.05, 4.69) is 5.32 Å². The molecule has 1 N–H and O–H groups in total. The number of fused-ring (bicyclic) bond motifs is 4. The number of imide groups is 1. The van der Waals surface area contributed by atoms with Crippen molar-refractivity contribution < 1.29 is 14.4 Å². The number of benzene rings is 2. The number of carbonyl (C=O) groups excluding carboxylic acids is 3. The predicted octanol–water partition coefficient (Wildman–Crippen LogP) is 4.04. The smallest absolute Gasteiger partial charge is 0.252 e. The maximum atomic E-state index is 14.1. The molecule has 0 bridgehead atoms. The number of para-hydroxylation sites is 1. The molecule has 4 atom stereocenters. The number of hydrogen-bond acceptors (Lipinski definition) is 5. The molecular formula is C25H25Cl2N3O3S. The lowest BCUT2D eigenvalue weighted by Gasteiger charge is -2.30. The molecule has 3 aliphatic heterocycles. The Morgan fingerprint density at radius 3 is 2.50 bits per heavy atom. The first kappa shape index (κ1) is 23.7. The SMILES string of the molecule is CSCC[C@H]1N[C@]2(C(=O)N(CCCCl)c3ccccc32)[C@@H]2C(=O)N(c3ccc(Cl)cc3)C(=O)[C@@H]21. The van der Waals surface area contributed by atoms with Gasteiger partial charge in [-0.25, -0.2) is 4.90 Å². The number of amides is 3. The minimum Gasteiger partial charge on any atom is -0.310 e. The Labute approximate surface area is 212 Å². The second kappa shape index (κ2) is 9.19. The molecular weight excluding hydrogens is 493 g/mol. The number of alkyl halides is 1. The van der Waals surface area contributed by atoms with Gasteiger partial charge in [-0.2, -0.15) is 11.8 Å². The fourth-order valence-corrected chi connectivity index (χ4v) is 6.46. The average molecular weight is 518 g/mol. The largest absolute Gasteiger partial charge is 0.310 e. The van der Waals surface area contributed by atoms with E-state index in [1.807, 2.05) is 30.5 Å². The summed E-state index contributed by atoms with van der Waals surface area (Å²) in [4.78, 5) is 44.8. The Kier molecular flexibility index (Phi) is 6.40. The van der Waals surface area contributed by atoms with Crippen LogP contribution < -0.4 is 15.1 Å². The first-order valence-electron chi connectivity index (χ1n) is 11.3. The monoisotopic (exact) mass is 517 g/mol. The van der Waals surface area contributed by atoms with Crippen LogP contribution in [0.4, 0.5) is 11.4 Å². The van der Waals surface area contributed by atoms with E-state index in [1.54, 1.807) is 40.9 Å². The topological polar surface area (TPSA) is 69.7 Å². The number of anilines is 2. The lowest BCUT2D eigenvalue weighted by atomic mass is 9.76. The Balaban J connectivity index is 1.64. The zero-order valence-electron chi connectivity index (χ0n) is 18.7. The van der Waals surface area contributed by atoms with Crippen molar-refractivity contribution in [1.29, 1.82) is 0 Å². The summed E-state index contributed by atoms with van der Waals surface area (Å²) in [7, 11) is 0. The second-order valence-electron chi connectivity index (χ2n) is 8.85. The van der Waals surface area contributed by atoms with Crippen molar-refractivity contribution in [3.05, 3.63) is 59.1 Å². The van der Waals surface area contributed by atoms with E-state index in [0.717, 1.165) is 17.0 Å². The third kappa shape index (κ3) is 3.40. The minimum absolute atomic E-state index is 0.181. The van der Waals surface area contributed by atoms with Crippen molar-refractivity contribution in [2.24, 2.45) is 11.8 Å². The fourth-order valence-electron chi connectivity index (χ4n) is 5.72. The molecule has 0 radical (unpaired) electrons. The van der Waals surface area contributed by atoms with Crippen LogP contribution in [0.3, 0.4) is 0 Å². The number of halogens is 2. The van der Waals surface area contributed by atoms with E-state index >= 15 is 0 Å². The summed E-state index contributed by atoms with van der Waals surface area (Å²) < 4.78 is 0. The van der Waals surface area contributed by atoms with Gasteiger partial charge in [0.1, 0.15) is 5.54 Å². The van der Waals surface area contributed by atoms with Crippen molar-refractivity contribution in [2.75, 3.05) is 34.2 Å². The van der Waals surface area contributed by atoms with Crippen LogP contribution in [0.25, 0.3) is 0 Å². The van der Waals surface area contributed by atoms with Crippen molar-refractivity contribution in [3.8, 4) is 0 Å². The van der Waals surface area contributed by atoms with Crippen molar-refractivity contribution >= 4 is 64.1 Å². The van der Waals surface area contributed by atoms with E-state index in [-0.39, 0.29) is 23.8 Å². The molecule has 5 rings (SSSR count). The van der Waals surface area contributed by atoms with Crippen LogP contribution in [0.15, 0.2) is 48.5 Å². The number of thioether (sulfide) groups is 1. The normalized spacial score (nSPS) is 27.7. The second-order valence-corrected chi connectivity index (χ2v) is 10.6. The van der Waals surface area contributed by atoms with E-state index in [9.17, 15) is 14.4 Å². The van der Waals surface area contributed by atoms with E-state index < -0.39 is 17.4 Å². The summed E-state index contributed by atoms with van der Waals surface area (Å²) >= 11 is 13.7. The summed E-state index contributed by atoms with van der Waals surface area (Å²) in [6, 6.07) is 13.9. The van der Waals surface area contributed by atoms with Gasteiger partial charge in [0, 0.05) is 34.7 Å². The van der Waals surface area contributed by atoms with Gasteiger partial charge in [0.05, 0.1) is 17.5 Å². The molecule has 3 aliphatic rings. The standard InChI is InChI=1S/C25H25Cl2N3O3S/c1-34-14-11-18-20-21(23(32)30(22(20)31)16-9-7-15(27)8-10-16)25(28-18)17-5-2-3-6-19(17)29(24(25)33)13-4-12-26/h2-3,5-10,18,20-21,28H,4,11-14H2,1H3/t18-,20-,21+,25+/m1/s1. The molecule has 3 heterocycles. The van der Waals surface area contributed by atoms with Crippen LogP contribution in [0, 0.1) is 11.8 Å². The van der Waals surface area contributed by atoms with Gasteiger partial charge < -0.3 is 4.90 Å². The Morgan fingerprint density at radius 2 is 1.79 bits per heavy atom. The van der Waals surface area contributed by atoms with Gasteiger partial charge in [-0.15, -0.1) is 11.6 Å². The minimum atomic E-state index is -1.27. The molecule has 0 unspecified atom stereocenters. The van der Waals surface area contributed by atoms with Crippen molar-refractivity contribution in [2.45, 2.75) is 24.4 Å². The molecule has 9 heteroatoms.